The van der Waals surface area contributed by atoms with Crippen LogP contribution in [0.1, 0.15) is 0 Å². The third-order valence-electron chi connectivity index (χ3n) is 2.21. The maximum atomic E-state index is 12.7. The van der Waals surface area contributed by atoms with E-state index in [1.54, 1.807) is 18.2 Å². The molecule has 2 aromatic rings. The van der Waals surface area contributed by atoms with E-state index in [0.717, 1.165) is 0 Å². The molecule has 2 N–H and O–H groups in total. The lowest BCUT2D eigenvalue weighted by Gasteiger charge is -2.04. The molecule has 0 amide bonds. The van der Waals surface area contributed by atoms with Gasteiger partial charge in [0.25, 0.3) is 0 Å². The molecule has 0 bridgehead atoms. The van der Waals surface area contributed by atoms with Crippen molar-refractivity contribution in [3.05, 3.63) is 53.3 Å². The van der Waals surface area contributed by atoms with E-state index in [1.807, 2.05) is 0 Å². The van der Waals surface area contributed by atoms with Gasteiger partial charge in [0.05, 0.1) is 21.5 Å². The number of nitrogen functional groups attached to an aromatic ring is 1. The minimum absolute atomic E-state index is 0.360. The summed E-state index contributed by atoms with van der Waals surface area (Å²) in [6.45, 7) is 0. The van der Waals surface area contributed by atoms with Crippen molar-refractivity contribution in [3.8, 4) is 0 Å². The third-order valence-corrected chi connectivity index (χ3v) is 3.94. The fourth-order valence-corrected chi connectivity index (χ4v) is 2.53. The molecule has 0 spiro atoms. The van der Waals surface area contributed by atoms with E-state index >= 15 is 0 Å². The van der Waals surface area contributed by atoms with Gasteiger partial charge in [-0.15, -0.1) is 0 Å². The van der Waals surface area contributed by atoms with Crippen LogP contribution in [-0.2, 0) is 10.8 Å². The number of rotatable bonds is 2. The first-order chi connectivity index (χ1) is 8.08. The largest absolute Gasteiger partial charge is 0.397 e. The number of hydrogen-bond donors (Lipinski definition) is 1. The molecular formula is C12H9ClFNOS. The first kappa shape index (κ1) is 12.1. The highest BCUT2D eigenvalue weighted by atomic mass is 35.5. The van der Waals surface area contributed by atoms with Crippen molar-refractivity contribution in [1.29, 1.82) is 0 Å². The fraction of sp³-hybridized carbons (Fsp3) is 0. The molecule has 17 heavy (non-hydrogen) atoms. The third kappa shape index (κ3) is 2.65. The van der Waals surface area contributed by atoms with E-state index in [9.17, 15) is 8.60 Å². The first-order valence-electron chi connectivity index (χ1n) is 4.80. The monoisotopic (exact) mass is 269 g/mol. The summed E-state index contributed by atoms with van der Waals surface area (Å²) in [6.07, 6.45) is 0. The van der Waals surface area contributed by atoms with Crippen LogP contribution in [0, 0.1) is 5.82 Å². The molecule has 2 aromatic carbocycles. The molecule has 5 heteroatoms. The van der Waals surface area contributed by atoms with Gasteiger partial charge >= 0.3 is 0 Å². The quantitative estimate of drug-likeness (QED) is 0.851. The van der Waals surface area contributed by atoms with Crippen molar-refractivity contribution in [2.45, 2.75) is 9.79 Å². The zero-order valence-electron chi connectivity index (χ0n) is 8.69. The van der Waals surface area contributed by atoms with Gasteiger partial charge in [-0.3, -0.25) is 0 Å². The molecular weight excluding hydrogens is 261 g/mol. The molecule has 1 unspecified atom stereocenters. The van der Waals surface area contributed by atoms with E-state index in [2.05, 4.69) is 0 Å². The summed E-state index contributed by atoms with van der Waals surface area (Å²) < 4.78 is 24.8. The highest BCUT2D eigenvalue weighted by Crippen LogP contribution is 2.24. The van der Waals surface area contributed by atoms with Crippen LogP contribution in [0.5, 0.6) is 0 Å². The average molecular weight is 270 g/mol. The molecule has 0 aromatic heterocycles. The van der Waals surface area contributed by atoms with E-state index in [4.69, 9.17) is 17.3 Å². The van der Waals surface area contributed by atoms with Crippen LogP contribution < -0.4 is 5.73 Å². The van der Waals surface area contributed by atoms with Gasteiger partial charge in [0, 0.05) is 9.79 Å². The highest BCUT2D eigenvalue weighted by molar-refractivity contribution is 7.85. The van der Waals surface area contributed by atoms with Crippen molar-refractivity contribution in [1.82, 2.24) is 0 Å². The molecule has 88 valence electrons. The Bertz CT molecular complexity index is 571. The lowest BCUT2D eigenvalue weighted by Crippen LogP contribution is -1.95. The smallest absolute Gasteiger partial charge is 0.123 e. The van der Waals surface area contributed by atoms with Crippen molar-refractivity contribution in [2.24, 2.45) is 0 Å². The van der Waals surface area contributed by atoms with Gasteiger partial charge in [-0.25, -0.2) is 8.60 Å². The van der Waals surface area contributed by atoms with Gasteiger partial charge in [-0.2, -0.15) is 0 Å². The lowest BCUT2D eigenvalue weighted by atomic mass is 10.3. The van der Waals surface area contributed by atoms with Crippen LogP contribution in [0.15, 0.2) is 52.3 Å². The maximum absolute atomic E-state index is 12.7. The van der Waals surface area contributed by atoms with Gasteiger partial charge in [0.1, 0.15) is 5.82 Å². The fourth-order valence-electron chi connectivity index (χ4n) is 1.33. The molecule has 0 heterocycles. The minimum atomic E-state index is -1.38. The molecule has 0 saturated heterocycles. The van der Waals surface area contributed by atoms with Crippen molar-refractivity contribution >= 4 is 28.1 Å². The number of halogens is 2. The second kappa shape index (κ2) is 4.85. The zero-order valence-corrected chi connectivity index (χ0v) is 10.3. The lowest BCUT2D eigenvalue weighted by molar-refractivity contribution is 0.626. The Morgan fingerprint density at radius 2 is 1.65 bits per heavy atom. The van der Waals surface area contributed by atoms with Gasteiger partial charge in [-0.1, -0.05) is 11.6 Å². The Balaban J connectivity index is 2.37. The number of nitrogens with two attached hydrogens (primary N) is 1. The van der Waals surface area contributed by atoms with E-state index < -0.39 is 10.8 Å². The normalized spacial score (nSPS) is 12.4. The van der Waals surface area contributed by atoms with Crippen LogP contribution in [0.25, 0.3) is 0 Å². The van der Waals surface area contributed by atoms with Crippen molar-refractivity contribution in [2.75, 3.05) is 5.73 Å². The second-order valence-electron chi connectivity index (χ2n) is 3.41. The van der Waals surface area contributed by atoms with Gasteiger partial charge < -0.3 is 5.73 Å². The summed E-state index contributed by atoms with van der Waals surface area (Å²) in [5.41, 5.74) is 6.01. The Morgan fingerprint density at radius 1 is 1.06 bits per heavy atom. The second-order valence-corrected chi connectivity index (χ2v) is 5.29. The summed E-state index contributed by atoms with van der Waals surface area (Å²) in [4.78, 5) is 1.06. The first-order valence-corrected chi connectivity index (χ1v) is 6.33. The molecule has 2 rings (SSSR count). The van der Waals surface area contributed by atoms with Crippen LogP contribution in [-0.4, -0.2) is 4.21 Å². The molecule has 2 nitrogen and oxygen atoms in total. The predicted molar refractivity (Wildman–Crippen MR) is 66.9 cm³/mol. The Labute approximate surface area is 106 Å². The molecule has 0 fully saturated rings. The summed E-state index contributed by atoms with van der Waals surface area (Å²) in [6, 6.07) is 10.3. The Kier molecular flexibility index (Phi) is 3.45. The summed E-state index contributed by atoms with van der Waals surface area (Å²) >= 11 is 5.78. The number of benzene rings is 2. The average Bonchev–Trinajstić information content (AvgIpc) is 2.33. The van der Waals surface area contributed by atoms with Crippen LogP contribution in [0.3, 0.4) is 0 Å². The van der Waals surface area contributed by atoms with E-state index in [0.29, 0.717) is 20.5 Å². The van der Waals surface area contributed by atoms with Gasteiger partial charge in [0.2, 0.25) is 0 Å². The topological polar surface area (TPSA) is 43.1 Å². The molecule has 0 aliphatic rings. The van der Waals surface area contributed by atoms with E-state index in [-0.39, 0.29) is 5.82 Å². The standard InChI is InChI=1S/C12H9ClFNOS/c13-11-6-5-10(7-12(11)15)17(16)9-3-1-8(14)2-4-9/h1-7H,15H2. The van der Waals surface area contributed by atoms with Gasteiger partial charge in [-0.05, 0) is 42.5 Å². The van der Waals surface area contributed by atoms with Crippen molar-refractivity contribution in [3.63, 3.8) is 0 Å². The van der Waals surface area contributed by atoms with Crippen LogP contribution in [0.4, 0.5) is 10.1 Å². The van der Waals surface area contributed by atoms with Crippen LogP contribution in [0.2, 0.25) is 5.02 Å². The molecule has 0 aliphatic carbocycles. The Morgan fingerprint density at radius 3 is 2.24 bits per heavy atom. The number of anilines is 1. The Hall–Kier alpha value is -1.39. The maximum Gasteiger partial charge on any atom is 0.123 e. The SMILES string of the molecule is Nc1cc(S(=O)c2ccc(F)cc2)ccc1Cl. The molecule has 0 radical (unpaired) electrons. The van der Waals surface area contributed by atoms with Crippen LogP contribution >= 0.6 is 11.6 Å². The van der Waals surface area contributed by atoms with Crippen molar-refractivity contribution < 1.29 is 8.60 Å². The molecule has 0 aliphatic heterocycles. The summed E-state index contributed by atoms with van der Waals surface area (Å²) in [5.74, 6) is -0.360. The molecule has 0 saturated carbocycles. The highest BCUT2D eigenvalue weighted by Gasteiger charge is 2.08. The summed E-state index contributed by atoms with van der Waals surface area (Å²) in [7, 11) is -1.38. The number of hydrogen-bond acceptors (Lipinski definition) is 2. The summed E-state index contributed by atoms with van der Waals surface area (Å²) in [5, 5.41) is 0.421. The van der Waals surface area contributed by atoms with E-state index in [1.165, 1.54) is 24.3 Å². The van der Waals surface area contributed by atoms with Gasteiger partial charge in [0.15, 0.2) is 0 Å². The molecule has 1 atom stereocenters. The predicted octanol–water partition coefficient (Wildman–Crippen LogP) is 3.23. The minimum Gasteiger partial charge on any atom is -0.397 e. The zero-order chi connectivity index (χ0) is 12.4.